The van der Waals surface area contributed by atoms with Crippen LogP contribution in [0.25, 0.3) is 11.3 Å². The molecule has 0 aliphatic heterocycles. The fraction of sp³-hybridized carbons (Fsp3) is 0.375. The molecule has 128 valence electrons. The van der Waals surface area contributed by atoms with E-state index in [1.165, 1.54) is 5.56 Å². The lowest BCUT2D eigenvalue weighted by molar-refractivity contribution is -0.121. The number of aromatic nitrogens is 1. The van der Waals surface area contributed by atoms with Gasteiger partial charge < -0.3 is 11.1 Å². The number of thiazole rings is 1. The van der Waals surface area contributed by atoms with Gasteiger partial charge in [-0.2, -0.15) is 0 Å². The number of rotatable bonds is 6. The number of halogens is 2. The zero-order valence-electron chi connectivity index (χ0n) is 13.2. The van der Waals surface area contributed by atoms with Crippen molar-refractivity contribution < 1.29 is 4.79 Å². The number of aryl methyl sites for hydroxylation is 1. The Kier molecular flexibility index (Phi) is 10.1. The van der Waals surface area contributed by atoms with E-state index in [0.29, 0.717) is 13.0 Å². The van der Waals surface area contributed by atoms with Gasteiger partial charge in [-0.15, -0.1) is 36.2 Å². The van der Waals surface area contributed by atoms with Gasteiger partial charge in [0.25, 0.3) is 0 Å². The van der Waals surface area contributed by atoms with Crippen LogP contribution in [0.5, 0.6) is 0 Å². The maximum absolute atomic E-state index is 11.5. The van der Waals surface area contributed by atoms with Gasteiger partial charge in [0.2, 0.25) is 5.91 Å². The Morgan fingerprint density at radius 1 is 1.30 bits per heavy atom. The van der Waals surface area contributed by atoms with E-state index < -0.39 is 0 Å². The first-order chi connectivity index (χ1) is 10.0. The molecule has 2 aromatic rings. The molecule has 3 N–H and O–H groups in total. The van der Waals surface area contributed by atoms with E-state index in [2.05, 4.69) is 39.9 Å². The summed E-state index contributed by atoms with van der Waals surface area (Å²) < 4.78 is 0. The SMILES string of the molecule is Cc1nc(-c2ccc(CCNC(=O)CC(C)N)cc2)cs1.Cl.Cl. The molecule has 4 nitrogen and oxygen atoms in total. The molecule has 0 radical (unpaired) electrons. The van der Waals surface area contributed by atoms with Crippen LogP contribution in [0.15, 0.2) is 29.6 Å². The predicted octanol–water partition coefficient (Wildman–Crippen LogP) is 3.36. The number of amides is 1. The molecule has 0 saturated carbocycles. The Morgan fingerprint density at radius 2 is 1.96 bits per heavy atom. The number of carbonyl (C=O) groups is 1. The molecule has 1 aromatic carbocycles. The van der Waals surface area contributed by atoms with E-state index in [0.717, 1.165) is 22.7 Å². The Morgan fingerprint density at radius 3 is 2.48 bits per heavy atom. The van der Waals surface area contributed by atoms with Crippen LogP contribution in [0, 0.1) is 6.92 Å². The molecule has 0 spiro atoms. The molecule has 23 heavy (non-hydrogen) atoms. The van der Waals surface area contributed by atoms with Gasteiger partial charge in [0.15, 0.2) is 0 Å². The van der Waals surface area contributed by atoms with Gasteiger partial charge in [0, 0.05) is 30.0 Å². The summed E-state index contributed by atoms with van der Waals surface area (Å²) in [6.45, 7) is 4.48. The van der Waals surface area contributed by atoms with Gasteiger partial charge in [-0.3, -0.25) is 4.79 Å². The number of carbonyl (C=O) groups excluding carboxylic acids is 1. The zero-order chi connectivity index (χ0) is 15.2. The topological polar surface area (TPSA) is 68.0 Å². The van der Waals surface area contributed by atoms with E-state index >= 15 is 0 Å². The first kappa shape index (κ1) is 21.9. The first-order valence-corrected chi connectivity index (χ1v) is 7.96. The van der Waals surface area contributed by atoms with Crippen LogP contribution >= 0.6 is 36.2 Å². The molecule has 0 bridgehead atoms. The maximum atomic E-state index is 11.5. The van der Waals surface area contributed by atoms with Gasteiger partial charge in [-0.1, -0.05) is 24.3 Å². The van der Waals surface area contributed by atoms with Gasteiger partial charge in [0.1, 0.15) is 0 Å². The predicted molar refractivity (Wildman–Crippen MR) is 102 cm³/mol. The average molecular weight is 376 g/mol. The Labute approximate surface area is 153 Å². The molecule has 0 fully saturated rings. The highest BCUT2D eigenvalue weighted by molar-refractivity contribution is 7.09. The molecule has 0 aliphatic carbocycles. The van der Waals surface area contributed by atoms with Crippen molar-refractivity contribution in [1.29, 1.82) is 0 Å². The standard InChI is InChI=1S/C16H21N3OS.2ClH/c1-11(17)9-16(20)18-8-7-13-3-5-14(6-4-13)15-10-21-12(2)19-15;;/h3-6,10-11H,7-9,17H2,1-2H3,(H,18,20);2*1H. The van der Waals surface area contributed by atoms with E-state index in [9.17, 15) is 4.79 Å². The Bertz CT molecular complexity index is 600. The Balaban J connectivity index is 0.00000242. The van der Waals surface area contributed by atoms with Crippen molar-refractivity contribution in [2.45, 2.75) is 32.7 Å². The minimum atomic E-state index is -0.0918. The highest BCUT2D eigenvalue weighted by atomic mass is 35.5. The molecule has 0 saturated heterocycles. The molecule has 1 unspecified atom stereocenters. The number of hydrogen-bond donors (Lipinski definition) is 2. The van der Waals surface area contributed by atoms with E-state index in [1.807, 2.05) is 13.8 Å². The minimum Gasteiger partial charge on any atom is -0.356 e. The summed E-state index contributed by atoms with van der Waals surface area (Å²) in [5.74, 6) is 0.0135. The molecule has 1 atom stereocenters. The second kappa shape index (κ2) is 10.6. The molecular weight excluding hydrogens is 353 g/mol. The lowest BCUT2D eigenvalue weighted by Crippen LogP contribution is -2.31. The van der Waals surface area contributed by atoms with Gasteiger partial charge >= 0.3 is 0 Å². The third-order valence-corrected chi connectivity index (χ3v) is 3.89. The van der Waals surface area contributed by atoms with Gasteiger partial charge in [0.05, 0.1) is 10.7 Å². The van der Waals surface area contributed by atoms with Crippen LogP contribution < -0.4 is 11.1 Å². The largest absolute Gasteiger partial charge is 0.356 e. The second-order valence-electron chi connectivity index (χ2n) is 5.23. The molecular formula is C16H23Cl2N3OS. The van der Waals surface area contributed by atoms with Crippen LogP contribution in [0.3, 0.4) is 0 Å². The van der Waals surface area contributed by atoms with Crippen molar-refractivity contribution in [3.63, 3.8) is 0 Å². The third kappa shape index (κ3) is 7.31. The Hall–Kier alpha value is -1.14. The highest BCUT2D eigenvalue weighted by Crippen LogP contribution is 2.21. The number of nitrogens with two attached hydrogens (primary N) is 1. The van der Waals surface area contributed by atoms with Crippen molar-refractivity contribution in [2.24, 2.45) is 5.73 Å². The third-order valence-electron chi connectivity index (χ3n) is 3.11. The van der Waals surface area contributed by atoms with E-state index in [1.54, 1.807) is 11.3 Å². The summed E-state index contributed by atoms with van der Waals surface area (Å²) in [7, 11) is 0. The zero-order valence-corrected chi connectivity index (χ0v) is 15.7. The van der Waals surface area contributed by atoms with Crippen molar-refractivity contribution >= 4 is 42.1 Å². The molecule has 2 rings (SSSR count). The number of hydrogen-bond acceptors (Lipinski definition) is 4. The van der Waals surface area contributed by atoms with Crippen molar-refractivity contribution in [3.05, 3.63) is 40.2 Å². The first-order valence-electron chi connectivity index (χ1n) is 7.08. The number of nitrogens with one attached hydrogen (secondary N) is 1. The monoisotopic (exact) mass is 375 g/mol. The molecule has 1 amide bonds. The normalized spacial score (nSPS) is 11.1. The summed E-state index contributed by atoms with van der Waals surface area (Å²) in [6, 6.07) is 8.23. The van der Waals surface area contributed by atoms with Crippen LogP contribution in [0.2, 0.25) is 0 Å². The van der Waals surface area contributed by atoms with Crippen LogP contribution in [0.1, 0.15) is 23.9 Å². The molecule has 7 heteroatoms. The summed E-state index contributed by atoms with van der Waals surface area (Å²) in [5, 5.41) is 6.03. The lowest BCUT2D eigenvalue weighted by atomic mass is 10.1. The average Bonchev–Trinajstić information content (AvgIpc) is 2.85. The van der Waals surface area contributed by atoms with Crippen molar-refractivity contribution in [3.8, 4) is 11.3 Å². The van der Waals surface area contributed by atoms with Crippen LogP contribution in [0.4, 0.5) is 0 Å². The highest BCUT2D eigenvalue weighted by Gasteiger charge is 2.05. The summed E-state index contributed by atoms with van der Waals surface area (Å²) in [6.07, 6.45) is 1.20. The summed E-state index contributed by atoms with van der Waals surface area (Å²) in [4.78, 5) is 16.0. The van der Waals surface area contributed by atoms with Crippen molar-refractivity contribution in [2.75, 3.05) is 6.54 Å². The quantitative estimate of drug-likeness (QED) is 0.812. The fourth-order valence-corrected chi connectivity index (χ4v) is 2.67. The number of nitrogens with zero attached hydrogens (tertiary/aromatic N) is 1. The molecule has 1 aromatic heterocycles. The van der Waals surface area contributed by atoms with Crippen LogP contribution in [-0.2, 0) is 11.2 Å². The molecule has 0 aliphatic rings. The second-order valence-corrected chi connectivity index (χ2v) is 6.29. The van der Waals surface area contributed by atoms with Gasteiger partial charge in [-0.05, 0) is 25.8 Å². The fourth-order valence-electron chi connectivity index (χ4n) is 2.05. The maximum Gasteiger partial charge on any atom is 0.221 e. The van der Waals surface area contributed by atoms with Gasteiger partial charge in [-0.25, -0.2) is 4.98 Å². The van der Waals surface area contributed by atoms with E-state index in [-0.39, 0.29) is 36.8 Å². The van der Waals surface area contributed by atoms with E-state index in [4.69, 9.17) is 5.73 Å². The smallest absolute Gasteiger partial charge is 0.221 e. The lowest BCUT2D eigenvalue weighted by Gasteiger charge is -2.07. The van der Waals surface area contributed by atoms with Crippen molar-refractivity contribution in [1.82, 2.24) is 10.3 Å². The summed E-state index contributed by atoms with van der Waals surface area (Å²) in [5.41, 5.74) is 8.94. The summed E-state index contributed by atoms with van der Waals surface area (Å²) >= 11 is 1.66. The van der Waals surface area contributed by atoms with Crippen LogP contribution in [-0.4, -0.2) is 23.5 Å². The number of benzene rings is 1. The minimum absolute atomic E-state index is 0. The molecule has 1 heterocycles.